The molecule has 0 spiro atoms. The van der Waals surface area contributed by atoms with Gasteiger partial charge in [0.05, 0.1) is 0 Å². The third-order valence-electron chi connectivity index (χ3n) is 4.52. The van der Waals surface area contributed by atoms with Gasteiger partial charge in [0, 0.05) is 17.3 Å². The molecule has 0 N–H and O–H groups in total. The van der Waals surface area contributed by atoms with Crippen molar-refractivity contribution in [2.24, 2.45) is 0 Å². The maximum atomic E-state index is 12.8. The Morgan fingerprint density at radius 3 is 2.75 bits per heavy atom. The summed E-state index contributed by atoms with van der Waals surface area (Å²) in [5.74, 6) is 0.626. The van der Waals surface area contributed by atoms with Gasteiger partial charge < -0.3 is 4.90 Å². The molecular formula is C18H21N5O. The van der Waals surface area contributed by atoms with E-state index in [1.807, 2.05) is 35.2 Å². The lowest BCUT2D eigenvalue weighted by atomic mass is 10.0. The largest absolute Gasteiger partial charge is 0.312 e. The van der Waals surface area contributed by atoms with E-state index in [4.69, 9.17) is 0 Å². The van der Waals surface area contributed by atoms with Gasteiger partial charge >= 0.3 is 0 Å². The molecule has 0 unspecified atom stereocenters. The maximum absolute atomic E-state index is 12.8. The molecule has 2 aromatic rings. The van der Waals surface area contributed by atoms with Crippen molar-refractivity contribution in [3.05, 3.63) is 42.1 Å². The van der Waals surface area contributed by atoms with Crippen molar-refractivity contribution in [1.82, 2.24) is 25.1 Å². The van der Waals surface area contributed by atoms with Gasteiger partial charge in [-0.3, -0.25) is 4.79 Å². The molecular weight excluding hydrogens is 302 g/mol. The zero-order chi connectivity index (χ0) is 16.4. The van der Waals surface area contributed by atoms with Gasteiger partial charge in [0.1, 0.15) is 6.54 Å². The number of nitrogens with zero attached hydrogens (tertiary/aromatic N) is 5. The van der Waals surface area contributed by atoms with Crippen LogP contribution in [-0.2, 0) is 11.3 Å². The molecule has 124 valence electrons. The van der Waals surface area contributed by atoms with Crippen LogP contribution in [0.1, 0.15) is 38.5 Å². The summed E-state index contributed by atoms with van der Waals surface area (Å²) in [6.07, 6.45) is 8.90. The Morgan fingerprint density at radius 2 is 2.04 bits per heavy atom. The second-order valence-electron chi connectivity index (χ2n) is 6.45. The fourth-order valence-electron chi connectivity index (χ4n) is 3.18. The van der Waals surface area contributed by atoms with Crippen LogP contribution in [0.25, 0.3) is 11.4 Å². The highest BCUT2D eigenvalue weighted by Gasteiger charge is 2.35. The second kappa shape index (κ2) is 6.55. The van der Waals surface area contributed by atoms with Crippen LogP contribution < -0.4 is 0 Å². The maximum Gasteiger partial charge on any atom is 0.250 e. The molecule has 1 amide bonds. The molecule has 4 rings (SSSR count). The number of carbonyl (C=O) groups is 1. The summed E-state index contributed by atoms with van der Waals surface area (Å²) in [5, 5.41) is 12.5. The van der Waals surface area contributed by atoms with Gasteiger partial charge in [-0.1, -0.05) is 36.4 Å². The number of benzene rings is 1. The van der Waals surface area contributed by atoms with E-state index in [2.05, 4.69) is 21.5 Å². The Morgan fingerprint density at radius 1 is 1.21 bits per heavy atom. The highest BCUT2D eigenvalue weighted by Crippen LogP contribution is 2.33. The third kappa shape index (κ3) is 3.22. The molecule has 2 aliphatic rings. The molecule has 1 heterocycles. The molecule has 1 aromatic heterocycles. The highest BCUT2D eigenvalue weighted by atomic mass is 16.2. The summed E-state index contributed by atoms with van der Waals surface area (Å²) in [5.41, 5.74) is 2.10. The fraction of sp³-hybridized carbons (Fsp3) is 0.444. The molecule has 0 atom stereocenters. The number of hydrogen-bond acceptors (Lipinski definition) is 4. The number of aromatic nitrogens is 4. The zero-order valence-electron chi connectivity index (χ0n) is 13.6. The third-order valence-corrected chi connectivity index (χ3v) is 4.52. The lowest BCUT2D eigenvalue weighted by Gasteiger charge is -2.27. The summed E-state index contributed by atoms with van der Waals surface area (Å²) in [4.78, 5) is 16.2. The van der Waals surface area contributed by atoms with E-state index < -0.39 is 0 Å². The van der Waals surface area contributed by atoms with Crippen LogP contribution in [0, 0.1) is 0 Å². The second-order valence-corrected chi connectivity index (χ2v) is 6.45. The van der Waals surface area contributed by atoms with Gasteiger partial charge in [-0.2, -0.15) is 4.80 Å². The first-order chi connectivity index (χ1) is 11.8. The van der Waals surface area contributed by atoms with E-state index in [-0.39, 0.29) is 12.5 Å². The minimum Gasteiger partial charge on any atom is -0.312 e. The Bertz CT molecular complexity index is 748. The predicted molar refractivity (Wildman–Crippen MR) is 89.7 cm³/mol. The molecule has 1 fully saturated rings. The highest BCUT2D eigenvalue weighted by molar-refractivity contribution is 5.78. The van der Waals surface area contributed by atoms with Gasteiger partial charge in [-0.25, -0.2) is 0 Å². The molecule has 1 aromatic carbocycles. The van der Waals surface area contributed by atoms with Crippen molar-refractivity contribution in [2.75, 3.05) is 0 Å². The van der Waals surface area contributed by atoms with Crippen molar-refractivity contribution >= 4 is 5.91 Å². The zero-order valence-corrected chi connectivity index (χ0v) is 13.6. The first-order valence-electron chi connectivity index (χ1n) is 8.65. The Kier molecular flexibility index (Phi) is 4.11. The van der Waals surface area contributed by atoms with Gasteiger partial charge in [0.25, 0.3) is 5.91 Å². The molecule has 0 aliphatic heterocycles. The van der Waals surface area contributed by atoms with E-state index in [0.29, 0.717) is 11.9 Å². The number of allylic oxidation sites excluding steroid dienone is 2. The summed E-state index contributed by atoms with van der Waals surface area (Å²) in [7, 11) is 0. The van der Waals surface area contributed by atoms with Crippen LogP contribution >= 0.6 is 0 Å². The van der Waals surface area contributed by atoms with E-state index in [1.165, 1.54) is 23.3 Å². The average molecular weight is 323 g/mol. The SMILES string of the molecule is O=C(Cn1nnc(-c2ccccc2)n1)N(C1=CCCCC1)C1CC1. The minimum absolute atomic E-state index is 0.0719. The number of amides is 1. The van der Waals surface area contributed by atoms with Crippen LogP contribution in [0.2, 0.25) is 0 Å². The van der Waals surface area contributed by atoms with Crippen LogP contribution in [-0.4, -0.2) is 37.1 Å². The smallest absolute Gasteiger partial charge is 0.250 e. The quantitative estimate of drug-likeness (QED) is 0.849. The first kappa shape index (κ1) is 15.1. The predicted octanol–water partition coefficient (Wildman–Crippen LogP) is 2.79. The molecule has 0 saturated heterocycles. The Balaban J connectivity index is 1.49. The molecule has 2 aliphatic carbocycles. The monoisotopic (exact) mass is 323 g/mol. The van der Waals surface area contributed by atoms with E-state index >= 15 is 0 Å². The van der Waals surface area contributed by atoms with Gasteiger partial charge in [-0.05, 0) is 43.7 Å². The van der Waals surface area contributed by atoms with Crippen molar-refractivity contribution in [1.29, 1.82) is 0 Å². The molecule has 1 saturated carbocycles. The molecule has 6 heteroatoms. The van der Waals surface area contributed by atoms with Crippen molar-refractivity contribution < 1.29 is 4.79 Å². The van der Waals surface area contributed by atoms with Crippen molar-refractivity contribution in [3.8, 4) is 11.4 Å². The first-order valence-corrected chi connectivity index (χ1v) is 8.65. The normalized spacial score (nSPS) is 17.4. The summed E-state index contributed by atoms with van der Waals surface area (Å²) >= 11 is 0. The Hall–Kier alpha value is -2.50. The van der Waals surface area contributed by atoms with E-state index in [9.17, 15) is 4.79 Å². The molecule has 24 heavy (non-hydrogen) atoms. The fourth-order valence-corrected chi connectivity index (χ4v) is 3.18. The van der Waals surface area contributed by atoms with Gasteiger partial charge in [0.2, 0.25) is 5.82 Å². The minimum atomic E-state index is 0.0719. The van der Waals surface area contributed by atoms with E-state index in [0.717, 1.165) is 31.2 Å². The van der Waals surface area contributed by atoms with Crippen LogP contribution in [0.4, 0.5) is 0 Å². The van der Waals surface area contributed by atoms with Crippen LogP contribution in [0.5, 0.6) is 0 Å². The van der Waals surface area contributed by atoms with Crippen LogP contribution in [0.15, 0.2) is 42.1 Å². The standard InChI is InChI=1S/C18H21N5O/c24-17(23(16-11-12-16)15-9-5-2-6-10-15)13-22-20-18(19-21-22)14-7-3-1-4-8-14/h1,3-4,7-9,16H,2,5-6,10-13H2. The lowest BCUT2D eigenvalue weighted by molar-refractivity contribution is -0.131. The lowest BCUT2D eigenvalue weighted by Crippen LogP contribution is -2.36. The summed E-state index contributed by atoms with van der Waals surface area (Å²) in [6, 6.07) is 10.1. The average Bonchev–Trinajstić information content (AvgIpc) is 3.34. The molecule has 6 nitrogen and oxygen atoms in total. The Labute approximate surface area is 141 Å². The van der Waals surface area contributed by atoms with Crippen molar-refractivity contribution in [3.63, 3.8) is 0 Å². The molecule has 0 bridgehead atoms. The number of rotatable bonds is 5. The molecule has 0 radical (unpaired) electrons. The summed E-state index contributed by atoms with van der Waals surface area (Å²) in [6.45, 7) is 0.147. The van der Waals surface area contributed by atoms with Crippen molar-refractivity contribution in [2.45, 2.75) is 51.1 Å². The number of tetrazole rings is 1. The topological polar surface area (TPSA) is 63.9 Å². The van der Waals surface area contributed by atoms with E-state index in [1.54, 1.807) is 0 Å². The van der Waals surface area contributed by atoms with Gasteiger partial charge in [-0.15, -0.1) is 10.2 Å². The van der Waals surface area contributed by atoms with Crippen LogP contribution in [0.3, 0.4) is 0 Å². The number of hydrogen-bond donors (Lipinski definition) is 0. The summed E-state index contributed by atoms with van der Waals surface area (Å²) < 4.78 is 0. The number of carbonyl (C=O) groups excluding carboxylic acids is 1. The van der Waals surface area contributed by atoms with Gasteiger partial charge in [0.15, 0.2) is 0 Å².